The predicted molar refractivity (Wildman–Crippen MR) is 108 cm³/mol. The molecule has 0 aliphatic carbocycles. The molecule has 150 valence electrons. The first kappa shape index (κ1) is 18.1. The number of amides is 1. The summed E-state index contributed by atoms with van der Waals surface area (Å²) in [6, 6.07) is 7.63. The first-order chi connectivity index (χ1) is 14.3. The zero-order valence-electron chi connectivity index (χ0n) is 16.2. The van der Waals surface area contributed by atoms with Crippen LogP contribution in [0.3, 0.4) is 0 Å². The van der Waals surface area contributed by atoms with Crippen LogP contribution in [0.4, 0.5) is 5.95 Å². The molecule has 1 amide bonds. The van der Waals surface area contributed by atoms with Crippen LogP contribution in [-0.2, 0) is 4.74 Å². The first-order valence-electron chi connectivity index (χ1n) is 10.2. The van der Waals surface area contributed by atoms with Crippen LogP contribution in [0.1, 0.15) is 41.2 Å². The molecule has 3 aromatic rings. The second-order valence-corrected chi connectivity index (χ2v) is 7.69. The van der Waals surface area contributed by atoms with Crippen LogP contribution < -0.4 is 10.2 Å². The minimum atomic E-state index is -0.0579. The highest BCUT2D eigenvalue weighted by Crippen LogP contribution is 2.26. The molecule has 1 unspecified atom stereocenters. The fourth-order valence-corrected chi connectivity index (χ4v) is 4.13. The van der Waals surface area contributed by atoms with Crippen LogP contribution in [0.25, 0.3) is 5.52 Å². The lowest BCUT2D eigenvalue weighted by Crippen LogP contribution is -2.37. The van der Waals surface area contributed by atoms with Gasteiger partial charge in [-0.15, -0.1) is 0 Å². The van der Waals surface area contributed by atoms with Gasteiger partial charge in [-0.3, -0.25) is 4.79 Å². The molecular weight excluding hydrogens is 368 g/mol. The van der Waals surface area contributed by atoms with E-state index in [2.05, 4.69) is 20.3 Å². The molecule has 8 nitrogen and oxygen atoms in total. The molecule has 8 heteroatoms. The van der Waals surface area contributed by atoms with Crippen molar-refractivity contribution in [3.63, 3.8) is 0 Å². The Morgan fingerprint density at radius 3 is 2.93 bits per heavy atom. The van der Waals surface area contributed by atoms with Crippen LogP contribution in [0.2, 0.25) is 0 Å². The zero-order valence-corrected chi connectivity index (χ0v) is 16.2. The lowest BCUT2D eigenvalue weighted by atomic mass is 9.96. The van der Waals surface area contributed by atoms with Gasteiger partial charge in [-0.2, -0.15) is 5.10 Å². The van der Waals surface area contributed by atoms with Gasteiger partial charge in [0.1, 0.15) is 0 Å². The van der Waals surface area contributed by atoms with Crippen molar-refractivity contribution < 1.29 is 9.53 Å². The maximum absolute atomic E-state index is 12.7. The van der Waals surface area contributed by atoms with Gasteiger partial charge < -0.3 is 15.0 Å². The smallest absolute Gasteiger partial charge is 0.251 e. The highest BCUT2D eigenvalue weighted by atomic mass is 16.5. The fraction of sp³-hybridized carbons (Fsp3) is 0.429. The third-order valence-corrected chi connectivity index (χ3v) is 5.77. The average molecular weight is 392 g/mol. The van der Waals surface area contributed by atoms with Gasteiger partial charge in [0.05, 0.1) is 5.52 Å². The molecule has 2 aliphatic rings. The quantitative estimate of drug-likeness (QED) is 0.731. The first-order valence-corrected chi connectivity index (χ1v) is 10.2. The number of pyridine rings is 1. The van der Waals surface area contributed by atoms with Crippen molar-refractivity contribution in [3.05, 3.63) is 54.1 Å². The minimum absolute atomic E-state index is 0.0579. The van der Waals surface area contributed by atoms with Crippen LogP contribution in [-0.4, -0.2) is 57.8 Å². The molecule has 0 spiro atoms. The Morgan fingerprint density at radius 2 is 2.03 bits per heavy atom. The van der Waals surface area contributed by atoms with Crippen LogP contribution in [0, 0.1) is 0 Å². The Labute approximate surface area is 168 Å². The molecule has 2 saturated heterocycles. The predicted octanol–water partition coefficient (Wildman–Crippen LogP) is 2.03. The molecule has 2 fully saturated rings. The summed E-state index contributed by atoms with van der Waals surface area (Å²) in [5.41, 5.74) is 2.65. The highest BCUT2D eigenvalue weighted by molar-refractivity contribution is 5.95. The summed E-state index contributed by atoms with van der Waals surface area (Å²) in [7, 11) is 0. The Morgan fingerprint density at radius 1 is 1.14 bits per heavy atom. The van der Waals surface area contributed by atoms with Gasteiger partial charge in [0, 0.05) is 68.1 Å². The number of fused-ring (bicyclic) bond motifs is 1. The molecule has 0 bridgehead atoms. The number of rotatable bonds is 4. The molecule has 3 aromatic heterocycles. The van der Waals surface area contributed by atoms with Gasteiger partial charge in [0.2, 0.25) is 5.95 Å². The number of nitrogens with zero attached hydrogens (tertiary/aromatic N) is 5. The van der Waals surface area contributed by atoms with E-state index < -0.39 is 0 Å². The monoisotopic (exact) mass is 392 g/mol. The number of ether oxygens (including phenoxy) is 1. The Hall–Kier alpha value is -3.00. The summed E-state index contributed by atoms with van der Waals surface area (Å²) in [6.45, 7) is 3.15. The number of nitrogens with one attached hydrogen (secondary N) is 1. The number of anilines is 1. The Kier molecular flexibility index (Phi) is 4.85. The fourth-order valence-electron chi connectivity index (χ4n) is 4.13. The number of hydrogen-bond acceptors (Lipinski definition) is 6. The van der Waals surface area contributed by atoms with E-state index in [4.69, 9.17) is 9.72 Å². The van der Waals surface area contributed by atoms with Crippen LogP contribution >= 0.6 is 0 Å². The molecule has 5 heterocycles. The summed E-state index contributed by atoms with van der Waals surface area (Å²) in [6.07, 6.45) is 8.28. The van der Waals surface area contributed by atoms with Gasteiger partial charge in [-0.1, -0.05) is 0 Å². The van der Waals surface area contributed by atoms with E-state index in [-0.39, 0.29) is 11.9 Å². The van der Waals surface area contributed by atoms with Crippen molar-refractivity contribution in [1.82, 2.24) is 24.9 Å². The lowest BCUT2D eigenvalue weighted by Gasteiger charge is -2.23. The maximum atomic E-state index is 12.7. The summed E-state index contributed by atoms with van der Waals surface area (Å²) in [4.78, 5) is 24.1. The van der Waals surface area contributed by atoms with Crippen molar-refractivity contribution in [2.24, 2.45) is 0 Å². The molecule has 2 aliphatic heterocycles. The largest absolute Gasteiger partial charge is 0.381 e. The molecule has 29 heavy (non-hydrogen) atoms. The van der Waals surface area contributed by atoms with Crippen molar-refractivity contribution in [1.29, 1.82) is 0 Å². The van der Waals surface area contributed by atoms with Gasteiger partial charge in [0.15, 0.2) is 0 Å². The summed E-state index contributed by atoms with van der Waals surface area (Å²) in [5.74, 6) is 1.14. The van der Waals surface area contributed by atoms with Gasteiger partial charge in [0.25, 0.3) is 5.91 Å². The van der Waals surface area contributed by atoms with E-state index in [0.717, 1.165) is 62.7 Å². The van der Waals surface area contributed by atoms with E-state index in [1.165, 1.54) is 0 Å². The topological polar surface area (TPSA) is 84.7 Å². The standard InChI is InChI=1S/C21H24N6O2/c28-20(16-3-10-27-18(13-16)1-8-23-27)24-17-4-9-26(14-17)21-22-7-2-19(25-21)15-5-11-29-12-6-15/h1-3,7-8,10,13,15,17H,4-6,9,11-12,14H2,(H,24,28). The molecule has 0 radical (unpaired) electrons. The summed E-state index contributed by atoms with van der Waals surface area (Å²) in [5, 5.41) is 7.31. The molecule has 0 aromatic carbocycles. The van der Waals surface area contributed by atoms with Crippen molar-refractivity contribution in [3.8, 4) is 0 Å². The SMILES string of the molecule is O=C(NC1CCN(c2nccc(C3CCOCC3)n2)C1)c1ccn2nccc2c1. The van der Waals surface area contributed by atoms with E-state index in [1.807, 2.05) is 24.4 Å². The second kappa shape index (κ2) is 7.79. The number of carbonyl (C=O) groups is 1. The lowest BCUT2D eigenvalue weighted by molar-refractivity contribution is 0.0845. The second-order valence-electron chi connectivity index (χ2n) is 7.69. The molecule has 0 saturated carbocycles. The van der Waals surface area contributed by atoms with Gasteiger partial charge in [-0.25, -0.2) is 14.5 Å². The Balaban J connectivity index is 1.23. The van der Waals surface area contributed by atoms with Gasteiger partial charge >= 0.3 is 0 Å². The normalized spacial score (nSPS) is 20.3. The average Bonchev–Trinajstić information content (AvgIpc) is 3.43. The maximum Gasteiger partial charge on any atom is 0.251 e. The van der Waals surface area contributed by atoms with E-state index in [9.17, 15) is 4.79 Å². The van der Waals surface area contributed by atoms with Crippen molar-refractivity contribution >= 4 is 17.4 Å². The van der Waals surface area contributed by atoms with E-state index in [1.54, 1.807) is 23.0 Å². The number of hydrogen-bond donors (Lipinski definition) is 1. The molecule has 1 N–H and O–H groups in total. The molecular formula is C21H24N6O2. The van der Waals surface area contributed by atoms with E-state index >= 15 is 0 Å². The van der Waals surface area contributed by atoms with Crippen LogP contribution in [0.5, 0.6) is 0 Å². The third-order valence-electron chi connectivity index (χ3n) is 5.77. The number of aromatic nitrogens is 4. The number of carbonyl (C=O) groups excluding carboxylic acids is 1. The summed E-state index contributed by atoms with van der Waals surface area (Å²) >= 11 is 0. The Bertz CT molecular complexity index is 1010. The summed E-state index contributed by atoms with van der Waals surface area (Å²) < 4.78 is 7.21. The van der Waals surface area contributed by atoms with Crippen molar-refractivity contribution in [2.45, 2.75) is 31.2 Å². The third kappa shape index (κ3) is 3.80. The van der Waals surface area contributed by atoms with E-state index in [0.29, 0.717) is 11.5 Å². The molecule has 5 rings (SSSR count). The minimum Gasteiger partial charge on any atom is -0.381 e. The van der Waals surface area contributed by atoms with Crippen LogP contribution in [0.15, 0.2) is 42.9 Å². The van der Waals surface area contributed by atoms with Gasteiger partial charge in [-0.05, 0) is 43.5 Å². The highest BCUT2D eigenvalue weighted by Gasteiger charge is 2.27. The van der Waals surface area contributed by atoms with Crippen molar-refractivity contribution in [2.75, 3.05) is 31.2 Å². The zero-order chi connectivity index (χ0) is 19.6. The molecule has 1 atom stereocenters.